The Morgan fingerprint density at radius 3 is 2.19 bits per heavy atom. The molecule has 5 N–H and O–H groups in total. The summed E-state index contributed by atoms with van der Waals surface area (Å²) in [5.74, 6) is -0.0441. The second-order valence-electron chi connectivity index (χ2n) is 16.0. The van der Waals surface area contributed by atoms with Crippen molar-refractivity contribution in [2.24, 2.45) is 0 Å². The van der Waals surface area contributed by atoms with Crippen molar-refractivity contribution in [2.45, 2.75) is 166 Å². The lowest BCUT2D eigenvalue weighted by Crippen LogP contribution is -2.44. The van der Waals surface area contributed by atoms with Crippen LogP contribution in [0.5, 0.6) is 0 Å². The summed E-state index contributed by atoms with van der Waals surface area (Å²) < 4.78 is 57.0. The third-order valence-corrected chi connectivity index (χ3v) is 12.0. The Labute approximate surface area is 346 Å². The van der Waals surface area contributed by atoms with Crippen LogP contribution in [0.4, 0.5) is 10.2 Å². The number of fused-ring (bicyclic) bond motifs is 1. The smallest absolute Gasteiger partial charge is 0.387 e. The number of nitrogens with two attached hydrogens (primary N) is 1. The molecule has 0 spiro atoms. The van der Waals surface area contributed by atoms with E-state index in [0.717, 1.165) is 32.1 Å². The molecule has 6 atom stereocenters. The van der Waals surface area contributed by atoms with E-state index >= 15 is 0 Å². The van der Waals surface area contributed by atoms with Crippen LogP contribution < -0.4 is 5.73 Å². The number of halogens is 1. The van der Waals surface area contributed by atoms with Gasteiger partial charge in [0.1, 0.15) is 41.6 Å². The monoisotopic (exact) mass is 846 g/mol. The van der Waals surface area contributed by atoms with E-state index in [-0.39, 0.29) is 24.9 Å². The van der Waals surface area contributed by atoms with E-state index in [2.05, 4.69) is 27.1 Å². The standard InChI is InChI=1S/C42H64FN6O9P/c1-3-4-5-6-7-8-9-10-11-12-13-14-15-16-17-18-19-20-34(54-26-31-23-32(25-33(43)24-31)41-46-30-55-48-41)27-56-59(52,53)57-28-42(2)39(51)37(50)38(58-42)35-21-22-36-40(44)45-29-47-49(35)36/h21-25,29-30,34,37-39,50-51H,3-20,26-28H2,1-2H3,(H,52,53)(H2,44,45,47)/t34-,37+,38+,39+,42-/m1/s1. The molecule has 4 aromatic rings. The lowest BCUT2D eigenvalue weighted by atomic mass is 9.97. The number of phosphoric ester groups is 1. The first kappa shape index (κ1) is 46.7. The number of benzene rings is 1. The highest BCUT2D eigenvalue weighted by Gasteiger charge is 2.53. The number of aliphatic hydroxyl groups excluding tert-OH is 2. The van der Waals surface area contributed by atoms with Crippen LogP contribution in [0.15, 0.2) is 47.6 Å². The first-order valence-electron chi connectivity index (χ1n) is 21.4. The minimum absolute atomic E-state index is 0.00540. The second-order valence-corrected chi connectivity index (χ2v) is 17.5. The van der Waals surface area contributed by atoms with E-state index in [0.29, 0.717) is 28.8 Å². The maximum Gasteiger partial charge on any atom is 0.472 e. The Morgan fingerprint density at radius 1 is 0.915 bits per heavy atom. The summed E-state index contributed by atoms with van der Waals surface area (Å²) in [5, 5.41) is 29.9. The molecule has 0 radical (unpaired) electrons. The average Bonchev–Trinajstić information content (AvgIpc) is 3.97. The van der Waals surface area contributed by atoms with Crippen molar-refractivity contribution >= 4 is 19.2 Å². The lowest BCUT2D eigenvalue weighted by molar-refractivity contribution is -0.101. The summed E-state index contributed by atoms with van der Waals surface area (Å²) in [5.41, 5.74) is 6.18. The molecule has 1 fully saturated rings. The van der Waals surface area contributed by atoms with Crippen molar-refractivity contribution < 1.29 is 47.1 Å². The zero-order valence-electron chi connectivity index (χ0n) is 34.6. The van der Waals surface area contributed by atoms with Crippen LogP contribution >= 0.6 is 7.82 Å². The number of unbranched alkanes of at least 4 members (excludes halogenated alkanes) is 16. The summed E-state index contributed by atoms with van der Waals surface area (Å²) in [6, 6.07) is 7.63. The van der Waals surface area contributed by atoms with Crippen molar-refractivity contribution in [3.8, 4) is 11.4 Å². The highest BCUT2D eigenvalue weighted by Crippen LogP contribution is 2.48. The van der Waals surface area contributed by atoms with Crippen molar-refractivity contribution in [3.05, 3.63) is 60.1 Å². The molecule has 328 valence electrons. The molecule has 17 heteroatoms. The zero-order chi connectivity index (χ0) is 42.1. The largest absolute Gasteiger partial charge is 0.472 e. The van der Waals surface area contributed by atoms with Crippen molar-refractivity contribution in [1.82, 2.24) is 24.7 Å². The number of nitrogens with zero attached hydrogens (tertiary/aromatic N) is 5. The predicted molar refractivity (Wildman–Crippen MR) is 220 cm³/mol. The highest BCUT2D eigenvalue weighted by molar-refractivity contribution is 7.47. The van der Waals surface area contributed by atoms with Crippen LogP contribution in [-0.2, 0) is 29.7 Å². The van der Waals surface area contributed by atoms with Gasteiger partial charge in [0.25, 0.3) is 0 Å². The molecule has 4 heterocycles. The minimum atomic E-state index is -4.72. The van der Waals surface area contributed by atoms with Gasteiger partial charge in [-0.2, -0.15) is 10.1 Å². The molecule has 1 aliphatic rings. The van der Waals surface area contributed by atoms with Gasteiger partial charge in [0.05, 0.1) is 31.6 Å². The molecular weight excluding hydrogens is 782 g/mol. The average molecular weight is 847 g/mol. The zero-order valence-corrected chi connectivity index (χ0v) is 35.5. The molecule has 15 nitrogen and oxygen atoms in total. The van der Waals surface area contributed by atoms with Crippen LogP contribution in [0.1, 0.15) is 147 Å². The van der Waals surface area contributed by atoms with Gasteiger partial charge in [-0.05, 0) is 49.2 Å². The number of nitrogen functional groups attached to an aromatic ring is 1. The van der Waals surface area contributed by atoms with Crippen LogP contribution in [0.2, 0.25) is 0 Å². The summed E-state index contributed by atoms with van der Waals surface area (Å²) in [7, 11) is -4.72. The van der Waals surface area contributed by atoms with E-state index in [1.54, 1.807) is 18.2 Å². The third-order valence-electron chi connectivity index (χ3n) is 11.1. The molecular formula is C42H64FN6O9P. The predicted octanol–water partition coefficient (Wildman–Crippen LogP) is 8.81. The summed E-state index contributed by atoms with van der Waals surface area (Å²) in [4.78, 5) is 18.7. The van der Waals surface area contributed by atoms with Gasteiger partial charge >= 0.3 is 7.82 Å². The fourth-order valence-electron chi connectivity index (χ4n) is 7.61. The molecule has 59 heavy (non-hydrogen) atoms. The Bertz CT molecular complexity index is 1870. The summed E-state index contributed by atoms with van der Waals surface area (Å²) in [6.07, 6.45) is 19.6. The molecule has 3 aromatic heterocycles. The first-order chi connectivity index (χ1) is 28.5. The minimum Gasteiger partial charge on any atom is -0.387 e. The highest BCUT2D eigenvalue weighted by atomic mass is 31.2. The van der Waals surface area contributed by atoms with E-state index in [1.165, 1.54) is 113 Å². The number of phosphoric acid groups is 1. The lowest BCUT2D eigenvalue weighted by Gasteiger charge is -2.28. The topological polar surface area (TPSA) is 210 Å². The van der Waals surface area contributed by atoms with Crippen LogP contribution in [0, 0.1) is 5.82 Å². The molecule has 0 aliphatic carbocycles. The number of hydrogen-bond donors (Lipinski definition) is 4. The van der Waals surface area contributed by atoms with Gasteiger partial charge in [-0.1, -0.05) is 121 Å². The molecule has 1 unspecified atom stereocenters. The second kappa shape index (κ2) is 23.6. The Hall–Kier alpha value is -3.34. The van der Waals surface area contributed by atoms with Gasteiger partial charge < -0.3 is 34.8 Å². The van der Waals surface area contributed by atoms with Crippen molar-refractivity contribution in [1.29, 1.82) is 0 Å². The quantitative estimate of drug-likeness (QED) is 0.0297. The Kier molecular flexibility index (Phi) is 18.7. The Morgan fingerprint density at radius 2 is 1.56 bits per heavy atom. The first-order valence-corrected chi connectivity index (χ1v) is 22.9. The maximum absolute atomic E-state index is 14.6. The van der Waals surface area contributed by atoms with E-state index in [4.69, 9.17) is 28.8 Å². The number of aliphatic hydroxyl groups is 2. The van der Waals surface area contributed by atoms with Crippen LogP contribution in [0.25, 0.3) is 16.9 Å². The van der Waals surface area contributed by atoms with Gasteiger partial charge in [0.15, 0.2) is 5.82 Å². The van der Waals surface area contributed by atoms with Gasteiger partial charge in [-0.3, -0.25) is 9.05 Å². The number of anilines is 1. The number of rotatable bonds is 29. The Balaban J connectivity index is 1.07. The van der Waals surface area contributed by atoms with Gasteiger partial charge in [-0.25, -0.2) is 18.5 Å². The normalized spacial score (nSPS) is 21.0. The fraction of sp³-hybridized carbons (Fsp3) is 0.667. The molecule has 1 aliphatic heterocycles. The van der Waals surface area contributed by atoms with Crippen molar-refractivity contribution in [3.63, 3.8) is 0 Å². The summed E-state index contributed by atoms with van der Waals surface area (Å²) >= 11 is 0. The van der Waals surface area contributed by atoms with Gasteiger partial charge in [-0.15, -0.1) is 0 Å². The van der Waals surface area contributed by atoms with E-state index in [1.807, 2.05) is 0 Å². The van der Waals surface area contributed by atoms with E-state index in [9.17, 15) is 24.1 Å². The van der Waals surface area contributed by atoms with Crippen LogP contribution in [0.3, 0.4) is 0 Å². The van der Waals surface area contributed by atoms with Gasteiger partial charge in [0, 0.05) is 5.56 Å². The summed E-state index contributed by atoms with van der Waals surface area (Å²) in [6.45, 7) is 2.85. The number of ether oxygens (including phenoxy) is 2. The van der Waals surface area contributed by atoms with Crippen molar-refractivity contribution in [2.75, 3.05) is 18.9 Å². The maximum atomic E-state index is 14.6. The molecule has 1 aromatic carbocycles. The SMILES string of the molecule is CCCCCCCCCCCCCCCCCCC[C@H](COP(=O)(O)OC[C@@]1(C)O[C@@H](c2ccc3c(N)ncnn23)[C@H](O)[C@@H]1O)OCc1cc(F)cc(-c2ncon2)c1. The fourth-order valence-corrected chi connectivity index (χ4v) is 8.46. The molecule has 0 bridgehead atoms. The third kappa shape index (κ3) is 14.4. The number of aromatic nitrogens is 5. The van der Waals surface area contributed by atoms with E-state index < -0.39 is 50.3 Å². The van der Waals surface area contributed by atoms with Gasteiger partial charge in [0.2, 0.25) is 12.2 Å². The number of hydrogen-bond acceptors (Lipinski definition) is 13. The molecule has 5 rings (SSSR count). The molecule has 0 saturated carbocycles. The molecule has 1 saturated heterocycles. The molecule has 0 amide bonds. The van der Waals surface area contributed by atoms with Crippen LogP contribution in [-0.4, -0.2) is 77.0 Å².